The van der Waals surface area contributed by atoms with Gasteiger partial charge in [0, 0.05) is 6.20 Å². The van der Waals surface area contributed by atoms with Crippen molar-refractivity contribution in [2.75, 3.05) is 0 Å². The summed E-state index contributed by atoms with van der Waals surface area (Å²) in [5.74, 6) is -0.0327. The molecule has 4 nitrogen and oxygen atoms in total. The van der Waals surface area contributed by atoms with Gasteiger partial charge in [-0.3, -0.25) is 9.48 Å². The van der Waals surface area contributed by atoms with Crippen LogP contribution in [-0.2, 0) is 4.79 Å². The molecule has 118 valence electrons. The fourth-order valence-corrected chi connectivity index (χ4v) is 2.61. The number of aromatic nitrogens is 2. The van der Waals surface area contributed by atoms with Crippen LogP contribution in [0.3, 0.4) is 0 Å². The van der Waals surface area contributed by atoms with Crippen LogP contribution in [0.25, 0.3) is 0 Å². The molecule has 0 saturated carbocycles. The summed E-state index contributed by atoms with van der Waals surface area (Å²) in [7, 11) is 0. The van der Waals surface area contributed by atoms with Crippen LogP contribution in [0.2, 0.25) is 5.02 Å². The summed E-state index contributed by atoms with van der Waals surface area (Å²) in [6, 6.07) is 7.93. The first-order chi connectivity index (χ1) is 10.5. The molecular formula is C17H22ClN3O. The molecule has 0 spiro atoms. The minimum atomic E-state index is -0.341. The summed E-state index contributed by atoms with van der Waals surface area (Å²) in [5, 5.41) is 7.81. The molecule has 0 aliphatic heterocycles. The molecule has 1 aromatic carbocycles. The standard InChI is InChI=1S/C17H22ClN3O/c1-4-15(13-8-6-12(3)7-9-13)20-17(22)16(5-2)21-11-14(18)10-19-21/h6-11,15-16H,4-5H2,1-3H3,(H,20,22). The van der Waals surface area contributed by atoms with Crippen LogP contribution >= 0.6 is 11.6 Å². The quantitative estimate of drug-likeness (QED) is 0.872. The maximum absolute atomic E-state index is 12.6. The van der Waals surface area contributed by atoms with Crippen molar-refractivity contribution in [2.24, 2.45) is 0 Å². The van der Waals surface area contributed by atoms with Crippen LogP contribution in [0, 0.1) is 6.92 Å². The van der Waals surface area contributed by atoms with Gasteiger partial charge < -0.3 is 5.32 Å². The number of aryl methyl sites for hydroxylation is 1. The van der Waals surface area contributed by atoms with E-state index in [-0.39, 0.29) is 18.0 Å². The fraction of sp³-hybridized carbons (Fsp3) is 0.412. The molecule has 1 N–H and O–H groups in total. The normalized spacial score (nSPS) is 13.6. The second-order valence-corrected chi connectivity index (χ2v) is 5.88. The zero-order valence-electron chi connectivity index (χ0n) is 13.2. The van der Waals surface area contributed by atoms with Crippen molar-refractivity contribution in [3.8, 4) is 0 Å². The maximum Gasteiger partial charge on any atom is 0.245 e. The van der Waals surface area contributed by atoms with E-state index < -0.39 is 0 Å². The Morgan fingerprint density at radius 3 is 2.45 bits per heavy atom. The third kappa shape index (κ3) is 3.89. The SMILES string of the molecule is CCC(NC(=O)C(CC)n1cc(Cl)cn1)c1ccc(C)cc1. The smallest absolute Gasteiger partial charge is 0.245 e. The molecule has 0 radical (unpaired) electrons. The summed E-state index contributed by atoms with van der Waals surface area (Å²) in [6.07, 6.45) is 4.73. The van der Waals surface area contributed by atoms with E-state index in [9.17, 15) is 4.79 Å². The van der Waals surface area contributed by atoms with Crippen LogP contribution in [0.5, 0.6) is 0 Å². The van der Waals surface area contributed by atoms with Crippen LogP contribution in [0.15, 0.2) is 36.7 Å². The molecule has 2 atom stereocenters. The Hall–Kier alpha value is -1.81. The van der Waals surface area contributed by atoms with Crippen LogP contribution < -0.4 is 5.32 Å². The molecule has 0 aliphatic rings. The molecule has 0 aliphatic carbocycles. The monoisotopic (exact) mass is 319 g/mol. The number of nitrogens with one attached hydrogen (secondary N) is 1. The van der Waals surface area contributed by atoms with Gasteiger partial charge in [0.05, 0.1) is 17.3 Å². The lowest BCUT2D eigenvalue weighted by molar-refractivity contribution is -0.125. The van der Waals surface area contributed by atoms with Gasteiger partial charge in [-0.2, -0.15) is 5.10 Å². The van der Waals surface area contributed by atoms with E-state index >= 15 is 0 Å². The molecule has 0 saturated heterocycles. The fourth-order valence-electron chi connectivity index (χ4n) is 2.47. The zero-order valence-corrected chi connectivity index (χ0v) is 14.0. The van der Waals surface area contributed by atoms with E-state index in [1.54, 1.807) is 17.1 Å². The van der Waals surface area contributed by atoms with Crippen molar-refractivity contribution in [3.63, 3.8) is 0 Å². The summed E-state index contributed by atoms with van der Waals surface area (Å²) < 4.78 is 1.62. The second-order valence-electron chi connectivity index (χ2n) is 5.44. The van der Waals surface area contributed by atoms with Crippen LogP contribution in [0.1, 0.15) is 49.9 Å². The Morgan fingerprint density at radius 1 is 1.27 bits per heavy atom. The van der Waals surface area contributed by atoms with Crippen molar-refractivity contribution in [3.05, 3.63) is 52.8 Å². The lowest BCUT2D eigenvalue weighted by Gasteiger charge is -2.22. The first kappa shape index (κ1) is 16.6. The predicted molar refractivity (Wildman–Crippen MR) is 88.9 cm³/mol. The minimum absolute atomic E-state index is 0.00758. The minimum Gasteiger partial charge on any atom is -0.347 e. The largest absolute Gasteiger partial charge is 0.347 e. The van der Waals surface area contributed by atoms with Crippen LogP contribution in [-0.4, -0.2) is 15.7 Å². The van der Waals surface area contributed by atoms with Gasteiger partial charge in [0.1, 0.15) is 6.04 Å². The maximum atomic E-state index is 12.6. The molecule has 2 aromatic rings. The van der Waals surface area contributed by atoms with Crippen LogP contribution in [0.4, 0.5) is 0 Å². The Balaban J connectivity index is 2.12. The van der Waals surface area contributed by atoms with Gasteiger partial charge in [-0.05, 0) is 25.3 Å². The van der Waals surface area contributed by atoms with Gasteiger partial charge >= 0.3 is 0 Å². The van der Waals surface area contributed by atoms with E-state index in [4.69, 9.17) is 11.6 Å². The molecule has 2 rings (SSSR count). The second kappa shape index (κ2) is 7.45. The predicted octanol–water partition coefficient (Wildman–Crippen LogP) is 4.06. The number of amides is 1. The number of carbonyl (C=O) groups is 1. The van der Waals surface area contributed by atoms with E-state index in [0.717, 1.165) is 12.0 Å². The van der Waals surface area contributed by atoms with E-state index in [1.807, 2.05) is 6.92 Å². The van der Waals surface area contributed by atoms with Crippen molar-refractivity contribution in [1.29, 1.82) is 0 Å². The van der Waals surface area contributed by atoms with Gasteiger partial charge in [-0.25, -0.2) is 0 Å². The topological polar surface area (TPSA) is 46.9 Å². The summed E-state index contributed by atoms with van der Waals surface area (Å²) in [5.41, 5.74) is 2.33. The van der Waals surface area contributed by atoms with Crippen molar-refractivity contribution >= 4 is 17.5 Å². The van der Waals surface area contributed by atoms with Gasteiger partial charge in [0.2, 0.25) is 5.91 Å². The van der Waals surface area contributed by atoms with Crippen molar-refractivity contribution in [1.82, 2.24) is 15.1 Å². The molecule has 0 bridgehead atoms. The Morgan fingerprint density at radius 2 is 1.95 bits per heavy atom. The Labute approximate surface area is 136 Å². The molecule has 1 amide bonds. The van der Waals surface area contributed by atoms with Crippen molar-refractivity contribution in [2.45, 2.75) is 45.7 Å². The van der Waals surface area contributed by atoms with E-state index in [1.165, 1.54) is 5.56 Å². The molecule has 1 aromatic heterocycles. The summed E-state index contributed by atoms with van der Waals surface area (Å²) in [4.78, 5) is 12.6. The first-order valence-electron chi connectivity index (χ1n) is 7.61. The summed E-state index contributed by atoms with van der Waals surface area (Å²) >= 11 is 5.89. The molecule has 1 heterocycles. The van der Waals surface area contributed by atoms with Gasteiger partial charge in [-0.1, -0.05) is 55.3 Å². The van der Waals surface area contributed by atoms with Gasteiger partial charge in [-0.15, -0.1) is 0 Å². The van der Waals surface area contributed by atoms with Gasteiger partial charge in [0.15, 0.2) is 0 Å². The highest BCUT2D eigenvalue weighted by Crippen LogP contribution is 2.20. The van der Waals surface area contributed by atoms with Gasteiger partial charge in [0.25, 0.3) is 0 Å². The number of rotatable bonds is 6. The third-order valence-electron chi connectivity index (χ3n) is 3.78. The molecular weight excluding hydrogens is 298 g/mol. The highest BCUT2D eigenvalue weighted by Gasteiger charge is 2.22. The highest BCUT2D eigenvalue weighted by atomic mass is 35.5. The lowest BCUT2D eigenvalue weighted by Crippen LogP contribution is -2.35. The van der Waals surface area contributed by atoms with E-state index in [2.05, 4.69) is 48.5 Å². The zero-order chi connectivity index (χ0) is 16.1. The molecule has 22 heavy (non-hydrogen) atoms. The number of halogens is 1. The average Bonchev–Trinajstić information content (AvgIpc) is 2.93. The van der Waals surface area contributed by atoms with E-state index in [0.29, 0.717) is 11.4 Å². The highest BCUT2D eigenvalue weighted by molar-refractivity contribution is 6.30. The summed E-state index contributed by atoms with van der Waals surface area (Å²) in [6.45, 7) is 6.08. The molecule has 0 fully saturated rings. The molecule has 5 heteroatoms. The Bertz CT molecular complexity index is 621. The number of hydrogen-bond acceptors (Lipinski definition) is 2. The van der Waals surface area contributed by atoms with Crippen molar-refractivity contribution < 1.29 is 4.79 Å². The number of carbonyl (C=O) groups excluding carboxylic acids is 1. The average molecular weight is 320 g/mol. The Kier molecular flexibility index (Phi) is 5.61. The number of nitrogens with zero attached hydrogens (tertiary/aromatic N) is 2. The molecule has 2 unspecified atom stereocenters. The number of benzene rings is 1. The third-order valence-corrected chi connectivity index (χ3v) is 3.98. The first-order valence-corrected chi connectivity index (χ1v) is 7.99. The lowest BCUT2D eigenvalue weighted by atomic mass is 10.0. The number of hydrogen-bond donors (Lipinski definition) is 1.